The SMILES string of the molecule is COc1ccc(NC(=O)CSc2nccc3c2ccn3C)c(OC)c1. The fourth-order valence-corrected chi connectivity index (χ4v) is 3.32. The van der Waals surface area contributed by atoms with Crippen LogP contribution in [0.15, 0.2) is 47.8 Å². The third-order valence-corrected chi connectivity index (χ3v) is 4.80. The number of nitrogens with zero attached hydrogens (tertiary/aromatic N) is 2. The van der Waals surface area contributed by atoms with Crippen LogP contribution in [0.4, 0.5) is 5.69 Å². The van der Waals surface area contributed by atoms with Crippen molar-refractivity contribution in [2.45, 2.75) is 5.03 Å². The highest BCUT2D eigenvalue weighted by Crippen LogP contribution is 2.30. The minimum atomic E-state index is -0.122. The van der Waals surface area contributed by atoms with E-state index in [9.17, 15) is 4.79 Å². The molecule has 0 atom stereocenters. The lowest BCUT2D eigenvalue weighted by atomic mass is 10.2. The number of aryl methyl sites for hydroxylation is 1. The van der Waals surface area contributed by atoms with Gasteiger partial charge in [0, 0.05) is 30.9 Å². The van der Waals surface area contributed by atoms with E-state index in [1.807, 2.05) is 29.9 Å². The van der Waals surface area contributed by atoms with Crippen molar-refractivity contribution in [1.29, 1.82) is 0 Å². The summed E-state index contributed by atoms with van der Waals surface area (Å²) < 4.78 is 12.5. The first kappa shape index (κ1) is 17.2. The van der Waals surface area contributed by atoms with E-state index in [-0.39, 0.29) is 11.7 Å². The summed E-state index contributed by atoms with van der Waals surface area (Å²) in [5, 5.41) is 4.75. The number of hydrogen-bond acceptors (Lipinski definition) is 5. The number of carbonyl (C=O) groups is 1. The first-order valence-corrected chi connectivity index (χ1v) is 8.65. The number of carbonyl (C=O) groups excluding carboxylic acids is 1. The third-order valence-electron chi connectivity index (χ3n) is 3.80. The molecule has 0 fully saturated rings. The Kier molecular flexibility index (Phi) is 5.14. The zero-order chi connectivity index (χ0) is 17.8. The summed E-state index contributed by atoms with van der Waals surface area (Å²) in [6, 6.07) is 9.24. The Labute approximate surface area is 150 Å². The molecule has 0 unspecified atom stereocenters. The Morgan fingerprint density at radius 2 is 2.08 bits per heavy atom. The molecule has 0 spiro atoms. The van der Waals surface area contributed by atoms with Crippen LogP contribution in [-0.2, 0) is 11.8 Å². The largest absolute Gasteiger partial charge is 0.497 e. The van der Waals surface area contributed by atoms with E-state index in [0.29, 0.717) is 17.2 Å². The number of nitrogens with one attached hydrogen (secondary N) is 1. The van der Waals surface area contributed by atoms with E-state index >= 15 is 0 Å². The average Bonchev–Trinajstić information content (AvgIpc) is 3.02. The number of rotatable bonds is 6. The van der Waals surface area contributed by atoms with E-state index in [4.69, 9.17) is 9.47 Å². The van der Waals surface area contributed by atoms with Crippen molar-refractivity contribution in [3.8, 4) is 11.5 Å². The minimum absolute atomic E-state index is 0.122. The monoisotopic (exact) mass is 357 g/mol. The number of aromatic nitrogens is 2. The minimum Gasteiger partial charge on any atom is -0.497 e. The van der Waals surface area contributed by atoms with Crippen LogP contribution in [0.2, 0.25) is 0 Å². The van der Waals surface area contributed by atoms with Crippen molar-refractivity contribution >= 4 is 34.3 Å². The van der Waals surface area contributed by atoms with Gasteiger partial charge in [0.05, 0.1) is 31.2 Å². The molecule has 1 N–H and O–H groups in total. The number of ether oxygens (including phenoxy) is 2. The van der Waals surface area contributed by atoms with Crippen LogP contribution in [-0.4, -0.2) is 35.4 Å². The van der Waals surface area contributed by atoms with Crippen molar-refractivity contribution in [1.82, 2.24) is 9.55 Å². The van der Waals surface area contributed by atoms with Crippen LogP contribution in [0.5, 0.6) is 11.5 Å². The van der Waals surface area contributed by atoms with Crippen LogP contribution >= 0.6 is 11.8 Å². The molecule has 1 amide bonds. The van der Waals surface area contributed by atoms with Crippen molar-refractivity contribution in [3.63, 3.8) is 0 Å². The molecule has 6 nitrogen and oxygen atoms in total. The van der Waals surface area contributed by atoms with E-state index in [1.54, 1.807) is 38.6 Å². The summed E-state index contributed by atoms with van der Waals surface area (Å²) in [4.78, 5) is 16.7. The van der Waals surface area contributed by atoms with Gasteiger partial charge in [-0.15, -0.1) is 0 Å². The molecule has 0 saturated heterocycles. The van der Waals surface area contributed by atoms with Crippen LogP contribution in [0.1, 0.15) is 0 Å². The fraction of sp³-hybridized carbons (Fsp3) is 0.222. The van der Waals surface area contributed by atoms with Gasteiger partial charge < -0.3 is 19.4 Å². The highest BCUT2D eigenvalue weighted by atomic mass is 32.2. The Morgan fingerprint density at radius 3 is 2.84 bits per heavy atom. The third kappa shape index (κ3) is 3.71. The molecule has 2 heterocycles. The molecular weight excluding hydrogens is 338 g/mol. The van der Waals surface area contributed by atoms with Crippen LogP contribution in [0, 0.1) is 0 Å². The van der Waals surface area contributed by atoms with Gasteiger partial charge in [-0.2, -0.15) is 0 Å². The molecule has 0 aliphatic carbocycles. The lowest BCUT2D eigenvalue weighted by Gasteiger charge is -2.11. The zero-order valence-electron chi connectivity index (χ0n) is 14.3. The Morgan fingerprint density at radius 1 is 1.24 bits per heavy atom. The summed E-state index contributed by atoms with van der Waals surface area (Å²) in [6.07, 6.45) is 3.74. The topological polar surface area (TPSA) is 65.4 Å². The van der Waals surface area contributed by atoms with Crippen molar-refractivity contribution in [3.05, 3.63) is 42.7 Å². The molecule has 1 aromatic carbocycles. The Bertz CT molecular complexity index is 908. The normalized spacial score (nSPS) is 10.7. The van der Waals surface area contributed by atoms with Crippen LogP contribution in [0.3, 0.4) is 0 Å². The number of hydrogen-bond donors (Lipinski definition) is 1. The van der Waals surface area contributed by atoms with Gasteiger partial charge in [-0.3, -0.25) is 4.79 Å². The molecule has 0 saturated carbocycles. The van der Waals surface area contributed by atoms with Gasteiger partial charge in [-0.1, -0.05) is 11.8 Å². The smallest absolute Gasteiger partial charge is 0.234 e. The number of amides is 1. The predicted molar refractivity (Wildman–Crippen MR) is 99.6 cm³/mol. The van der Waals surface area contributed by atoms with Gasteiger partial charge in [0.1, 0.15) is 16.5 Å². The second-order valence-electron chi connectivity index (χ2n) is 5.38. The number of benzene rings is 1. The standard InChI is InChI=1S/C18H19N3O3S/c1-21-9-7-13-15(21)6-8-19-18(13)25-11-17(22)20-14-5-4-12(23-2)10-16(14)24-3/h4-10H,11H2,1-3H3,(H,20,22). The molecule has 2 aromatic heterocycles. The number of fused-ring (bicyclic) bond motifs is 1. The van der Waals surface area contributed by atoms with Gasteiger partial charge in [0.2, 0.25) is 5.91 Å². The van der Waals surface area contributed by atoms with E-state index < -0.39 is 0 Å². The van der Waals surface area contributed by atoms with Crippen LogP contribution < -0.4 is 14.8 Å². The predicted octanol–water partition coefficient (Wildman–Crippen LogP) is 3.32. The van der Waals surface area contributed by atoms with Gasteiger partial charge in [-0.25, -0.2) is 4.98 Å². The van der Waals surface area contributed by atoms with Gasteiger partial charge in [0.25, 0.3) is 0 Å². The summed E-state index contributed by atoms with van der Waals surface area (Å²) in [7, 11) is 5.12. The van der Waals surface area contributed by atoms with Gasteiger partial charge >= 0.3 is 0 Å². The Hall–Kier alpha value is -2.67. The number of thioether (sulfide) groups is 1. The number of methoxy groups -OCH3 is 2. The highest BCUT2D eigenvalue weighted by Gasteiger charge is 2.11. The second-order valence-corrected chi connectivity index (χ2v) is 6.34. The molecule has 0 bridgehead atoms. The first-order chi connectivity index (χ1) is 12.1. The molecule has 0 radical (unpaired) electrons. The lowest BCUT2D eigenvalue weighted by molar-refractivity contribution is -0.113. The fourth-order valence-electron chi connectivity index (χ4n) is 2.51. The van der Waals surface area contributed by atoms with Crippen molar-refractivity contribution < 1.29 is 14.3 Å². The molecule has 0 aliphatic rings. The van der Waals surface area contributed by atoms with Gasteiger partial charge in [0.15, 0.2) is 0 Å². The maximum Gasteiger partial charge on any atom is 0.234 e. The summed E-state index contributed by atoms with van der Waals surface area (Å²) in [5.74, 6) is 1.37. The zero-order valence-corrected chi connectivity index (χ0v) is 15.1. The van der Waals surface area contributed by atoms with E-state index in [2.05, 4.69) is 10.3 Å². The molecular formula is C18H19N3O3S. The summed E-state index contributed by atoms with van der Waals surface area (Å²) in [6.45, 7) is 0. The summed E-state index contributed by atoms with van der Waals surface area (Å²) in [5.41, 5.74) is 1.70. The van der Waals surface area contributed by atoms with E-state index in [0.717, 1.165) is 15.9 Å². The second kappa shape index (κ2) is 7.48. The maximum absolute atomic E-state index is 12.3. The molecule has 3 rings (SSSR count). The average molecular weight is 357 g/mol. The molecule has 3 aromatic rings. The first-order valence-electron chi connectivity index (χ1n) is 7.67. The number of anilines is 1. The molecule has 0 aliphatic heterocycles. The van der Waals surface area contributed by atoms with Crippen molar-refractivity contribution in [2.75, 3.05) is 25.3 Å². The van der Waals surface area contributed by atoms with Gasteiger partial charge in [-0.05, 0) is 24.3 Å². The van der Waals surface area contributed by atoms with Crippen LogP contribution in [0.25, 0.3) is 10.9 Å². The quantitative estimate of drug-likeness (QED) is 0.686. The number of pyridine rings is 1. The Balaban J connectivity index is 1.69. The summed E-state index contributed by atoms with van der Waals surface area (Å²) >= 11 is 1.41. The van der Waals surface area contributed by atoms with Crippen molar-refractivity contribution in [2.24, 2.45) is 7.05 Å². The molecule has 130 valence electrons. The highest BCUT2D eigenvalue weighted by molar-refractivity contribution is 8.00. The lowest BCUT2D eigenvalue weighted by Crippen LogP contribution is -2.14. The molecule has 7 heteroatoms. The van der Waals surface area contributed by atoms with E-state index in [1.165, 1.54) is 11.8 Å². The molecule has 25 heavy (non-hydrogen) atoms. The maximum atomic E-state index is 12.3.